The minimum atomic E-state index is -3.36. The average molecular weight is 357 g/mol. The molecule has 2 aliphatic heterocycles. The van der Waals surface area contributed by atoms with Crippen LogP contribution < -0.4 is 14.5 Å². The van der Waals surface area contributed by atoms with Crippen LogP contribution >= 0.6 is 0 Å². The molecule has 7 nitrogen and oxygen atoms in total. The Kier molecular flexibility index (Phi) is 4.64. The highest BCUT2D eigenvalue weighted by Crippen LogP contribution is 2.29. The minimum absolute atomic E-state index is 0.00455. The second-order valence-corrected chi connectivity index (χ2v) is 7.90. The zero-order valence-corrected chi connectivity index (χ0v) is 14.2. The molecule has 1 aromatic rings. The number of amides is 1. The number of carbonyl (C=O) groups excluding carboxylic acids is 1. The molecule has 0 spiro atoms. The van der Waals surface area contributed by atoms with Gasteiger partial charge in [-0.2, -0.15) is 0 Å². The van der Waals surface area contributed by atoms with Gasteiger partial charge >= 0.3 is 6.09 Å². The van der Waals surface area contributed by atoms with Crippen molar-refractivity contribution in [3.63, 3.8) is 0 Å². The predicted molar refractivity (Wildman–Crippen MR) is 88.3 cm³/mol. The van der Waals surface area contributed by atoms with Crippen LogP contribution in [0.15, 0.2) is 18.2 Å². The van der Waals surface area contributed by atoms with Crippen LogP contribution in [0.4, 0.5) is 20.6 Å². The van der Waals surface area contributed by atoms with Crippen LogP contribution in [0.3, 0.4) is 0 Å². The zero-order chi connectivity index (χ0) is 17.3. The van der Waals surface area contributed by atoms with E-state index in [0.29, 0.717) is 11.4 Å². The number of benzene rings is 1. The lowest BCUT2D eigenvalue weighted by Gasteiger charge is -2.20. The second kappa shape index (κ2) is 6.56. The number of hydrogen-bond acceptors (Lipinski definition) is 5. The van der Waals surface area contributed by atoms with E-state index in [2.05, 4.69) is 4.72 Å². The lowest BCUT2D eigenvalue weighted by atomic mass is 10.2. The maximum absolute atomic E-state index is 14.4. The number of sulfonamides is 1. The number of nitrogens with one attached hydrogen (secondary N) is 1. The van der Waals surface area contributed by atoms with Gasteiger partial charge < -0.3 is 9.64 Å². The Hall–Kier alpha value is -1.87. The van der Waals surface area contributed by atoms with E-state index in [1.54, 1.807) is 12.1 Å². The third-order valence-electron chi connectivity index (χ3n) is 4.14. The molecule has 2 heterocycles. The molecule has 1 N–H and O–H groups in total. The van der Waals surface area contributed by atoms with Crippen LogP contribution in [0.5, 0.6) is 0 Å². The Morgan fingerprint density at radius 1 is 1.33 bits per heavy atom. The summed E-state index contributed by atoms with van der Waals surface area (Å²) in [5, 5.41) is 0. The van der Waals surface area contributed by atoms with Gasteiger partial charge in [0.1, 0.15) is 11.9 Å². The Morgan fingerprint density at radius 3 is 2.67 bits per heavy atom. The molecular weight excluding hydrogens is 337 g/mol. The topological polar surface area (TPSA) is 79.0 Å². The molecule has 1 aromatic carbocycles. The maximum Gasteiger partial charge on any atom is 0.414 e. The summed E-state index contributed by atoms with van der Waals surface area (Å²) in [5.41, 5.74) is 0.946. The fraction of sp³-hybridized carbons (Fsp3) is 0.533. The van der Waals surface area contributed by atoms with Crippen molar-refractivity contribution in [1.29, 1.82) is 0 Å². The van der Waals surface area contributed by atoms with Crippen molar-refractivity contribution in [2.24, 2.45) is 0 Å². The molecular formula is C15H20FN3O4S. The molecule has 0 aliphatic carbocycles. The zero-order valence-electron chi connectivity index (χ0n) is 13.4. The molecule has 132 valence electrons. The third kappa shape index (κ3) is 3.78. The van der Waals surface area contributed by atoms with E-state index in [4.69, 9.17) is 4.74 Å². The number of anilines is 2. The van der Waals surface area contributed by atoms with Gasteiger partial charge in [-0.05, 0) is 31.0 Å². The van der Waals surface area contributed by atoms with Gasteiger partial charge in [0.05, 0.1) is 24.2 Å². The summed E-state index contributed by atoms with van der Waals surface area (Å²) in [5.74, 6) is -0.375. The lowest BCUT2D eigenvalue weighted by molar-refractivity contribution is 0.143. The van der Waals surface area contributed by atoms with Crippen molar-refractivity contribution in [1.82, 2.24) is 4.72 Å². The third-order valence-corrected chi connectivity index (χ3v) is 4.83. The summed E-state index contributed by atoms with van der Waals surface area (Å²) in [4.78, 5) is 15.3. The van der Waals surface area contributed by atoms with Gasteiger partial charge in [0.15, 0.2) is 0 Å². The minimum Gasteiger partial charge on any atom is -0.443 e. The van der Waals surface area contributed by atoms with Crippen molar-refractivity contribution in [3.05, 3.63) is 24.0 Å². The quantitative estimate of drug-likeness (QED) is 0.859. The summed E-state index contributed by atoms with van der Waals surface area (Å²) in [7, 11) is -3.36. The van der Waals surface area contributed by atoms with Gasteiger partial charge in [0.2, 0.25) is 10.0 Å². The number of rotatable bonds is 5. The largest absolute Gasteiger partial charge is 0.443 e. The number of ether oxygens (including phenoxy) is 1. The fourth-order valence-corrected chi connectivity index (χ4v) is 3.45. The van der Waals surface area contributed by atoms with E-state index in [9.17, 15) is 17.6 Å². The monoisotopic (exact) mass is 357 g/mol. The highest BCUT2D eigenvalue weighted by atomic mass is 32.2. The molecule has 0 radical (unpaired) electrons. The highest BCUT2D eigenvalue weighted by Gasteiger charge is 2.33. The first-order valence-corrected chi connectivity index (χ1v) is 9.70. The number of halogens is 1. The van der Waals surface area contributed by atoms with Crippen molar-refractivity contribution >= 4 is 27.5 Å². The van der Waals surface area contributed by atoms with Crippen LogP contribution in [0, 0.1) is 5.82 Å². The molecule has 0 bridgehead atoms. The standard InChI is InChI=1S/C15H20FN3O4S/c1-24(21,22)17-9-12-10-19(15(20)23-12)11-4-5-14(13(16)8-11)18-6-2-3-7-18/h4-5,8,12,17H,2-3,6-7,9-10H2,1H3/t12-/m1/s1. The summed E-state index contributed by atoms with van der Waals surface area (Å²) < 4.78 is 44.0. The normalized spacial score (nSPS) is 21.4. The molecule has 0 saturated carbocycles. The number of nitrogens with zero attached hydrogens (tertiary/aromatic N) is 2. The van der Waals surface area contributed by atoms with Crippen molar-refractivity contribution in [2.75, 3.05) is 42.2 Å². The van der Waals surface area contributed by atoms with Crippen molar-refractivity contribution in [2.45, 2.75) is 18.9 Å². The molecule has 1 amide bonds. The van der Waals surface area contributed by atoms with Gasteiger partial charge in [-0.1, -0.05) is 0 Å². The van der Waals surface area contributed by atoms with Gasteiger partial charge in [0.25, 0.3) is 0 Å². The first kappa shape index (κ1) is 17.0. The molecule has 9 heteroatoms. The Balaban J connectivity index is 1.70. The molecule has 24 heavy (non-hydrogen) atoms. The van der Waals surface area contributed by atoms with E-state index >= 15 is 0 Å². The van der Waals surface area contributed by atoms with Crippen LogP contribution in [0.25, 0.3) is 0 Å². The smallest absolute Gasteiger partial charge is 0.414 e. The maximum atomic E-state index is 14.4. The number of carbonyl (C=O) groups is 1. The molecule has 0 aromatic heterocycles. The average Bonchev–Trinajstić information content (AvgIpc) is 3.14. The molecule has 0 unspecified atom stereocenters. The van der Waals surface area contributed by atoms with E-state index in [1.165, 1.54) is 11.0 Å². The van der Waals surface area contributed by atoms with Crippen LogP contribution in [0.1, 0.15) is 12.8 Å². The SMILES string of the molecule is CS(=O)(=O)NC[C@@H]1CN(c2ccc(N3CCCC3)c(F)c2)C(=O)O1. The van der Waals surface area contributed by atoms with Gasteiger partial charge in [-0.15, -0.1) is 0 Å². The lowest BCUT2D eigenvalue weighted by Crippen LogP contribution is -2.34. The summed E-state index contributed by atoms with van der Waals surface area (Å²) in [6.07, 6.45) is 1.93. The molecule has 2 fully saturated rings. The van der Waals surface area contributed by atoms with E-state index in [1.807, 2.05) is 4.90 Å². The predicted octanol–water partition coefficient (Wildman–Crippen LogP) is 1.30. The summed E-state index contributed by atoms with van der Waals surface area (Å²) in [6.45, 7) is 1.84. The number of cyclic esters (lactones) is 1. The number of hydrogen-bond donors (Lipinski definition) is 1. The Morgan fingerprint density at radius 2 is 2.04 bits per heavy atom. The summed E-state index contributed by atoms with van der Waals surface area (Å²) >= 11 is 0. The fourth-order valence-electron chi connectivity index (χ4n) is 2.96. The van der Waals surface area contributed by atoms with Crippen molar-refractivity contribution in [3.8, 4) is 0 Å². The Labute approximate surface area is 140 Å². The van der Waals surface area contributed by atoms with E-state index < -0.39 is 22.2 Å². The van der Waals surface area contributed by atoms with E-state index in [-0.39, 0.29) is 18.9 Å². The van der Waals surface area contributed by atoms with Crippen molar-refractivity contribution < 1.29 is 22.3 Å². The molecule has 2 aliphatic rings. The van der Waals surface area contributed by atoms with Gasteiger partial charge in [-0.25, -0.2) is 22.3 Å². The van der Waals surface area contributed by atoms with Gasteiger partial charge in [0, 0.05) is 19.6 Å². The first-order chi connectivity index (χ1) is 11.3. The molecule has 1 atom stereocenters. The van der Waals surface area contributed by atoms with Crippen LogP contribution in [-0.4, -0.2) is 53.0 Å². The molecule has 3 rings (SSSR count). The second-order valence-electron chi connectivity index (χ2n) is 6.07. The Bertz CT molecular complexity index is 734. The highest BCUT2D eigenvalue weighted by molar-refractivity contribution is 7.88. The van der Waals surface area contributed by atoms with E-state index in [0.717, 1.165) is 32.2 Å². The molecule has 2 saturated heterocycles. The summed E-state index contributed by atoms with van der Waals surface area (Å²) in [6, 6.07) is 4.68. The van der Waals surface area contributed by atoms with Crippen LogP contribution in [0.2, 0.25) is 0 Å². The van der Waals surface area contributed by atoms with Gasteiger partial charge in [-0.3, -0.25) is 4.90 Å². The first-order valence-electron chi connectivity index (χ1n) is 7.81. The van der Waals surface area contributed by atoms with Crippen LogP contribution in [-0.2, 0) is 14.8 Å².